The molecule has 0 aliphatic carbocycles. The molecule has 2 aromatic rings. The van der Waals surface area contributed by atoms with E-state index in [-0.39, 0.29) is 11.9 Å². The number of nitrogens with two attached hydrogens (primary N) is 1. The van der Waals surface area contributed by atoms with Gasteiger partial charge in [0, 0.05) is 37.5 Å². The summed E-state index contributed by atoms with van der Waals surface area (Å²) in [5.41, 5.74) is 7.80. The molecule has 1 atom stereocenters. The van der Waals surface area contributed by atoms with Gasteiger partial charge in [0.25, 0.3) is 0 Å². The van der Waals surface area contributed by atoms with Crippen LogP contribution < -0.4 is 5.73 Å². The Labute approximate surface area is 136 Å². The Morgan fingerprint density at radius 3 is 2.91 bits per heavy atom. The lowest BCUT2D eigenvalue weighted by atomic mass is 10.1. The third-order valence-electron chi connectivity index (χ3n) is 4.24. The Morgan fingerprint density at radius 1 is 1.39 bits per heavy atom. The van der Waals surface area contributed by atoms with Crippen molar-refractivity contribution in [2.24, 2.45) is 5.73 Å². The van der Waals surface area contributed by atoms with Gasteiger partial charge in [0.1, 0.15) is 0 Å². The van der Waals surface area contributed by atoms with Crippen LogP contribution in [0.5, 0.6) is 0 Å². The van der Waals surface area contributed by atoms with Gasteiger partial charge in [0.15, 0.2) is 11.7 Å². The lowest BCUT2D eigenvalue weighted by molar-refractivity contribution is -0.132. The monoisotopic (exact) mass is 313 g/mol. The Kier molecular flexibility index (Phi) is 4.76. The van der Waals surface area contributed by atoms with E-state index >= 15 is 0 Å². The molecular weight excluding hydrogens is 290 g/mol. The maximum absolute atomic E-state index is 12.3. The van der Waals surface area contributed by atoms with E-state index in [1.165, 1.54) is 0 Å². The second-order valence-electron chi connectivity index (χ2n) is 6.13. The number of hydrogen-bond donors (Lipinski definition) is 1. The van der Waals surface area contributed by atoms with E-state index in [2.05, 4.69) is 4.98 Å². The third kappa shape index (κ3) is 3.79. The van der Waals surface area contributed by atoms with Gasteiger partial charge in [0.2, 0.25) is 5.91 Å². The molecule has 1 fully saturated rings. The van der Waals surface area contributed by atoms with Crippen LogP contribution in [0.2, 0.25) is 0 Å². The predicted octanol–water partition coefficient (Wildman–Crippen LogP) is 2.53. The quantitative estimate of drug-likeness (QED) is 0.941. The number of carbonyl (C=O) groups is 1. The highest BCUT2D eigenvalue weighted by atomic mass is 16.4. The van der Waals surface area contributed by atoms with Gasteiger partial charge in [0.05, 0.1) is 5.69 Å². The van der Waals surface area contributed by atoms with Gasteiger partial charge in [-0.2, -0.15) is 0 Å². The highest BCUT2D eigenvalue weighted by molar-refractivity contribution is 5.76. The number of oxazole rings is 1. The number of nitrogens with zero attached hydrogens (tertiary/aromatic N) is 2. The smallest absolute Gasteiger partial charge is 0.223 e. The number of piperidine rings is 1. The minimum absolute atomic E-state index is 0.112. The van der Waals surface area contributed by atoms with Crippen LogP contribution in [0.1, 0.15) is 30.8 Å². The largest absolute Gasteiger partial charge is 0.440 e. The standard InChI is InChI=1S/C18H23N3O2/c1-13-18(14-6-3-2-4-7-14)23-16(20-13)9-10-17(22)21-11-5-8-15(19)12-21/h2-4,6-7,15H,5,8-12,19H2,1H3/t15-/m1/s1. The van der Waals surface area contributed by atoms with Gasteiger partial charge < -0.3 is 15.1 Å². The molecule has 122 valence electrons. The summed E-state index contributed by atoms with van der Waals surface area (Å²) >= 11 is 0. The second kappa shape index (κ2) is 6.96. The summed E-state index contributed by atoms with van der Waals surface area (Å²) in [6.07, 6.45) is 2.94. The zero-order chi connectivity index (χ0) is 16.2. The van der Waals surface area contributed by atoms with Crippen molar-refractivity contribution in [3.8, 4) is 11.3 Å². The van der Waals surface area contributed by atoms with Crippen molar-refractivity contribution in [3.63, 3.8) is 0 Å². The first-order valence-electron chi connectivity index (χ1n) is 8.18. The zero-order valence-electron chi connectivity index (χ0n) is 13.5. The first kappa shape index (κ1) is 15.7. The third-order valence-corrected chi connectivity index (χ3v) is 4.24. The molecule has 1 aromatic heterocycles. The molecule has 23 heavy (non-hydrogen) atoms. The molecule has 5 nitrogen and oxygen atoms in total. The van der Waals surface area contributed by atoms with Gasteiger partial charge in [-0.15, -0.1) is 0 Å². The molecule has 0 radical (unpaired) electrons. The van der Waals surface area contributed by atoms with Crippen molar-refractivity contribution in [1.82, 2.24) is 9.88 Å². The minimum atomic E-state index is 0.112. The fourth-order valence-corrected chi connectivity index (χ4v) is 3.03. The Balaban J connectivity index is 1.62. The highest BCUT2D eigenvalue weighted by Gasteiger charge is 2.21. The number of carbonyl (C=O) groups excluding carboxylic acids is 1. The Hall–Kier alpha value is -2.14. The summed E-state index contributed by atoms with van der Waals surface area (Å²) in [4.78, 5) is 18.6. The number of amides is 1. The zero-order valence-corrected chi connectivity index (χ0v) is 13.5. The normalized spacial score (nSPS) is 18.2. The summed E-state index contributed by atoms with van der Waals surface area (Å²) in [7, 11) is 0. The molecule has 1 saturated heterocycles. The van der Waals surface area contributed by atoms with Crippen LogP contribution in [0.25, 0.3) is 11.3 Å². The van der Waals surface area contributed by atoms with Crippen molar-refractivity contribution in [2.45, 2.75) is 38.6 Å². The summed E-state index contributed by atoms with van der Waals surface area (Å²) in [5.74, 6) is 1.54. The van der Waals surface area contributed by atoms with Gasteiger partial charge >= 0.3 is 0 Å². The van der Waals surface area contributed by atoms with Crippen molar-refractivity contribution in [3.05, 3.63) is 41.9 Å². The molecule has 1 amide bonds. The van der Waals surface area contributed by atoms with Gasteiger partial charge in [-0.3, -0.25) is 4.79 Å². The molecule has 0 saturated carbocycles. The van der Waals surface area contributed by atoms with E-state index in [1.54, 1.807) is 0 Å². The topological polar surface area (TPSA) is 72.4 Å². The van der Waals surface area contributed by atoms with Crippen molar-refractivity contribution >= 4 is 5.91 Å². The van der Waals surface area contributed by atoms with E-state index < -0.39 is 0 Å². The Morgan fingerprint density at radius 2 is 2.17 bits per heavy atom. The minimum Gasteiger partial charge on any atom is -0.440 e. The van der Waals surface area contributed by atoms with Crippen molar-refractivity contribution in [1.29, 1.82) is 0 Å². The molecule has 2 N–H and O–H groups in total. The number of hydrogen-bond acceptors (Lipinski definition) is 4. The van der Waals surface area contributed by atoms with Crippen LogP contribution in [0.3, 0.4) is 0 Å². The number of aryl methyl sites for hydroxylation is 2. The van der Waals surface area contributed by atoms with E-state index in [4.69, 9.17) is 10.2 Å². The van der Waals surface area contributed by atoms with Gasteiger partial charge in [-0.05, 0) is 19.8 Å². The average molecular weight is 313 g/mol. The lowest BCUT2D eigenvalue weighted by Crippen LogP contribution is -2.45. The highest BCUT2D eigenvalue weighted by Crippen LogP contribution is 2.24. The summed E-state index contributed by atoms with van der Waals surface area (Å²) < 4.78 is 5.85. The molecule has 0 bridgehead atoms. The maximum atomic E-state index is 12.3. The van der Waals surface area contributed by atoms with Crippen LogP contribution in [-0.2, 0) is 11.2 Å². The fourth-order valence-electron chi connectivity index (χ4n) is 3.03. The Bertz CT molecular complexity index is 666. The first-order chi connectivity index (χ1) is 11.1. The lowest BCUT2D eigenvalue weighted by Gasteiger charge is -2.30. The summed E-state index contributed by atoms with van der Waals surface area (Å²) in [6, 6.07) is 10.0. The van der Waals surface area contributed by atoms with E-state index in [0.29, 0.717) is 25.3 Å². The second-order valence-corrected chi connectivity index (χ2v) is 6.13. The molecule has 1 aromatic carbocycles. The van der Waals surface area contributed by atoms with Gasteiger partial charge in [-0.1, -0.05) is 30.3 Å². The SMILES string of the molecule is Cc1nc(CCC(=O)N2CCC[C@@H](N)C2)oc1-c1ccccc1. The molecular formula is C18H23N3O2. The predicted molar refractivity (Wildman–Crippen MR) is 88.8 cm³/mol. The number of aromatic nitrogens is 1. The molecule has 0 spiro atoms. The van der Waals surface area contributed by atoms with Crippen molar-refractivity contribution in [2.75, 3.05) is 13.1 Å². The number of likely N-dealkylation sites (tertiary alicyclic amines) is 1. The summed E-state index contributed by atoms with van der Waals surface area (Å²) in [5, 5.41) is 0. The van der Waals surface area contributed by atoms with Crippen LogP contribution >= 0.6 is 0 Å². The van der Waals surface area contributed by atoms with E-state index in [0.717, 1.165) is 36.4 Å². The van der Waals surface area contributed by atoms with E-state index in [1.807, 2.05) is 42.2 Å². The average Bonchev–Trinajstić information content (AvgIpc) is 2.94. The molecule has 2 heterocycles. The molecule has 0 unspecified atom stereocenters. The molecule has 1 aliphatic rings. The van der Waals surface area contributed by atoms with Crippen LogP contribution in [0, 0.1) is 6.92 Å². The van der Waals surface area contributed by atoms with Crippen LogP contribution in [0.4, 0.5) is 0 Å². The molecule has 5 heteroatoms. The molecule has 1 aliphatic heterocycles. The van der Waals surface area contributed by atoms with Crippen molar-refractivity contribution < 1.29 is 9.21 Å². The van der Waals surface area contributed by atoms with E-state index in [9.17, 15) is 4.79 Å². The fraction of sp³-hybridized carbons (Fsp3) is 0.444. The first-order valence-corrected chi connectivity index (χ1v) is 8.18. The van der Waals surface area contributed by atoms with Crippen LogP contribution in [-0.4, -0.2) is 34.9 Å². The number of rotatable bonds is 4. The van der Waals surface area contributed by atoms with Crippen LogP contribution in [0.15, 0.2) is 34.7 Å². The maximum Gasteiger partial charge on any atom is 0.223 e. The number of benzene rings is 1. The molecule has 3 rings (SSSR count). The van der Waals surface area contributed by atoms with Gasteiger partial charge in [-0.25, -0.2) is 4.98 Å². The summed E-state index contributed by atoms with van der Waals surface area (Å²) in [6.45, 7) is 3.41.